The zero-order valence-electron chi connectivity index (χ0n) is 13.9. The molecule has 1 aliphatic rings. The summed E-state index contributed by atoms with van der Waals surface area (Å²) in [7, 11) is 0. The van der Waals surface area contributed by atoms with Gasteiger partial charge in [-0.3, -0.25) is 14.9 Å². The Labute approximate surface area is 150 Å². The minimum atomic E-state index is -0.461. The van der Waals surface area contributed by atoms with Crippen molar-refractivity contribution < 1.29 is 9.72 Å². The summed E-state index contributed by atoms with van der Waals surface area (Å²) in [6.07, 6.45) is 2.03. The van der Waals surface area contributed by atoms with Gasteiger partial charge in [0.05, 0.1) is 4.92 Å². The molecular weight excluding hydrogens is 330 g/mol. The first-order chi connectivity index (χ1) is 12.6. The van der Waals surface area contributed by atoms with Crippen LogP contribution in [-0.2, 0) is 0 Å². The van der Waals surface area contributed by atoms with Crippen molar-refractivity contribution in [3.05, 3.63) is 76.3 Å². The van der Waals surface area contributed by atoms with Crippen molar-refractivity contribution in [2.75, 3.05) is 10.6 Å². The predicted molar refractivity (Wildman–Crippen MR) is 102 cm³/mol. The molecule has 3 aromatic rings. The van der Waals surface area contributed by atoms with Crippen molar-refractivity contribution in [2.45, 2.75) is 18.9 Å². The van der Waals surface area contributed by atoms with E-state index in [1.54, 1.807) is 12.1 Å². The molecule has 0 aliphatic heterocycles. The van der Waals surface area contributed by atoms with Crippen molar-refractivity contribution >= 4 is 33.7 Å². The number of hydrogen-bond acceptors (Lipinski definition) is 4. The Morgan fingerprint density at radius 2 is 1.77 bits per heavy atom. The van der Waals surface area contributed by atoms with Crippen LogP contribution < -0.4 is 10.6 Å². The van der Waals surface area contributed by atoms with E-state index in [2.05, 4.69) is 10.6 Å². The molecule has 26 heavy (non-hydrogen) atoms. The lowest BCUT2D eigenvalue weighted by Crippen LogP contribution is -2.13. The van der Waals surface area contributed by atoms with Gasteiger partial charge in [0, 0.05) is 23.4 Å². The van der Waals surface area contributed by atoms with Crippen LogP contribution in [0.15, 0.2) is 60.7 Å². The number of nitro groups is 1. The molecule has 0 saturated heterocycles. The van der Waals surface area contributed by atoms with Gasteiger partial charge in [-0.1, -0.05) is 30.3 Å². The first-order valence-corrected chi connectivity index (χ1v) is 8.45. The van der Waals surface area contributed by atoms with Crippen LogP contribution >= 0.6 is 0 Å². The summed E-state index contributed by atoms with van der Waals surface area (Å²) in [4.78, 5) is 23.4. The van der Waals surface area contributed by atoms with E-state index in [1.807, 2.05) is 42.5 Å². The Morgan fingerprint density at radius 1 is 1.00 bits per heavy atom. The van der Waals surface area contributed by atoms with E-state index in [9.17, 15) is 14.9 Å². The molecule has 1 fully saturated rings. The van der Waals surface area contributed by atoms with Crippen molar-refractivity contribution in [1.29, 1.82) is 0 Å². The van der Waals surface area contributed by atoms with Crippen molar-refractivity contribution in [1.82, 2.24) is 0 Å². The average Bonchev–Trinajstić information content (AvgIpc) is 3.45. The highest BCUT2D eigenvalue weighted by atomic mass is 16.6. The molecule has 4 rings (SSSR count). The number of fused-ring (bicyclic) bond motifs is 1. The normalized spacial score (nSPS) is 13.4. The lowest BCUT2D eigenvalue weighted by Gasteiger charge is -2.09. The fourth-order valence-corrected chi connectivity index (χ4v) is 2.86. The second-order valence-corrected chi connectivity index (χ2v) is 6.42. The van der Waals surface area contributed by atoms with Crippen LogP contribution in [0.5, 0.6) is 0 Å². The molecule has 2 N–H and O–H groups in total. The van der Waals surface area contributed by atoms with Crippen LogP contribution in [0, 0.1) is 10.1 Å². The summed E-state index contributed by atoms with van der Waals surface area (Å²) in [5.74, 6) is -0.374. The third-order valence-corrected chi connectivity index (χ3v) is 4.40. The number of amides is 1. The van der Waals surface area contributed by atoms with Crippen LogP contribution in [0.3, 0.4) is 0 Å². The Hall–Kier alpha value is -3.41. The van der Waals surface area contributed by atoms with E-state index in [1.165, 1.54) is 6.07 Å². The number of rotatable bonds is 5. The number of nitro benzene ring substituents is 1. The summed E-state index contributed by atoms with van der Waals surface area (Å²) in [6.45, 7) is 0. The molecule has 0 atom stereocenters. The SMILES string of the molecule is O=C(Nc1ccc2ccccc2c1)c1ccc(NC2CC2)c([N+](=O)[O-])c1. The van der Waals surface area contributed by atoms with Crippen LogP contribution in [0.1, 0.15) is 23.2 Å². The zero-order chi connectivity index (χ0) is 18.1. The van der Waals surface area contributed by atoms with Crippen molar-refractivity contribution in [3.8, 4) is 0 Å². The van der Waals surface area contributed by atoms with E-state index in [-0.39, 0.29) is 17.2 Å². The van der Waals surface area contributed by atoms with Gasteiger partial charge in [0.25, 0.3) is 11.6 Å². The topological polar surface area (TPSA) is 84.3 Å². The molecule has 0 unspecified atom stereocenters. The van der Waals surface area contributed by atoms with Gasteiger partial charge >= 0.3 is 0 Å². The molecule has 1 amide bonds. The third kappa shape index (κ3) is 3.35. The maximum Gasteiger partial charge on any atom is 0.293 e. The average molecular weight is 347 g/mol. The highest BCUT2D eigenvalue weighted by Gasteiger charge is 2.25. The Bertz CT molecular complexity index is 1010. The molecule has 6 nitrogen and oxygen atoms in total. The molecule has 130 valence electrons. The van der Waals surface area contributed by atoms with Gasteiger partial charge in [-0.25, -0.2) is 0 Å². The van der Waals surface area contributed by atoms with Crippen LogP contribution in [-0.4, -0.2) is 16.9 Å². The number of benzene rings is 3. The highest BCUT2D eigenvalue weighted by Crippen LogP contribution is 2.31. The minimum Gasteiger partial charge on any atom is -0.377 e. The summed E-state index contributed by atoms with van der Waals surface area (Å²) >= 11 is 0. The molecule has 0 spiro atoms. The number of carbonyl (C=O) groups excluding carboxylic acids is 1. The summed E-state index contributed by atoms with van der Waals surface area (Å²) in [5, 5.41) is 19.4. The van der Waals surface area contributed by atoms with Gasteiger partial charge in [-0.15, -0.1) is 0 Å². The lowest BCUT2D eigenvalue weighted by molar-refractivity contribution is -0.384. The van der Waals surface area contributed by atoms with Crippen molar-refractivity contribution in [3.63, 3.8) is 0 Å². The molecule has 0 heterocycles. The van der Waals surface area contributed by atoms with E-state index < -0.39 is 4.92 Å². The molecule has 3 aromatic carbocycles. The standard InChI is InChI=1S/C20H17N3O3/c24-20(22-17-7-5-13-3-1-2-4-14(13)11-17)15-6-10-18(21-16-8-9-16)19(12-15)23(25)26/h1-7,10-12,16,21H,8-9H2,(H,22,24). The van der Waals surface area contributed by atoms with Gasteiger partial charge in [-0.2, -0.15) is 0 Å². The summed E-state index contributed by atoms with van der Waals surface area (Å²) < 4.78 is 0. The molecule has 0 bridgehead atoms. The van der Waals surface area contributed by atoms with E-state index in [4.69, 9.17) is 0 Å². The third-order valence-electron chi connectivity index (χ3n) is 4.40. The smallest absolute Gasteiger partial charge is 0.293 e. The Kier molecular flexibility index (Phi) is 4.01. The maximum atomic E-state index is 12.5. The lowest BCUT2D eigenvalue weighted by atomic mass is 10.1. The zero-order valence-corrected chi connectivity index (χ0v) is 13.9. The number of hydrogen-bond donors (Lipinski definition) is 2. The fraction of sp³-hybridized carbons (Fsp3) is 0.150. The second kappa shape index (κ2) is 6.48. The quantitative estimate of drug-likeness (QED) is 0.523. The first kappa shape index (κ1) is 16.1. The number of nitrogens with one attached hydrogen (secondary N) is 2. The van der Waals surface area contributed by atoms with E-state index in [0.29, 0.717) is 17.4 Å². The molecule has 0 radical (unpaired) electrons. The minimum absolute atomic E-state index is 0.0805. The molecule has 1 saturated carbocycles. The van der Waals surface area contributed by atoms with Gasteiger partial charge in [0.1, 0.15) is 5.69 Å². The molecule has 1 aliphatic carbocycles. The van der Waals surface area contributed by atoms with Crippen molar-refractivity contribution in [2.24, 2.45) is 0 Å². The van der Waals surface area contributed by atoms with Gasteiger partial charge in [-0.05, 0) is 47.9 Å². The van der Waals surface area contributed by atoms with Crippen LogP contribution in [0.4, 0.5) is 17.1 Å². The molecule has 0 aromatic heterocycles. The van der Waals surface area contributed by atoms with Gasteiger partial charge < -0.3 is 10.6 Å². The predicted octanol–water partition coefficient (Wildman–Crippen LogP) is 4.57. The van der Waals surface area contributed by atoms with Crippen LogP contribution in [0.2, 0.25) is 0 Å². The van der Waals surface area contributed by atoms with E-state index in [0.717, 1.165) is 23.6 Å². The highest BCUT2D eigenvalue weighted by molar-refractivity contribution is 6.06. The van der Waals surface area contributed by atoms with Crippen LogP contribution in [0.25, 0.3) is 10.8 Å². The van der Waals surface area contributed by atoms with Gasteiger partial charge in [0.15, 0.2) is 0 Å². The monoisotopic (exact) mass is 347 g/mol. The number of anilines is 2. The number of nitrogens with zero attached hydrogens (tertiary/aromatic N) is 1. The summed E-state index contributed by atoms with van der Waals surface area (Å²) in [6, 6.07) is 18.3. The fourth-order valence-electron chi connectivity index (χ4n) is 2.86. The maximum absolute atomic E-state index is 12.5. The van der Waals surface area contributed by atoms with E-state index >= 15 is 0 Å². The first-order valence-electron chi connectivity index (χ1n) is 8.45. The molecule has 6 heteroatoms. The number of carbonyl (C=O) groups is 1. The Morgan fingerprint density at radius 3 is 2.50 bits per heavy atom. The summed E-state index contributed by atoms with van der Waals surface area (Å²) in [5.41, 5.74) is 1.28. The largest absolute Gasteiger partial charge is 0.377 e. The van der Waals surface area contributed by atoms with Gasteiger partial charge in [0.2, 0.25) is 0 Å². The molecular formula is C20H17N3O3. The second-order valence-electron chi connectivity index (χ2n) is 6.42. The Balaban J connectivity index is 1.58.